The first-order valence-corrected chi connectivity index (χ1v) is 10.8. The molecule has 4 nitrogen and oxygen atoms in total. The van der Waals surface area contributed by atoms with Crippen LogP contribution in [0.2, 0.25) is 0 Å². The van der Waals surface area contributed by atoms with Crippen LogP contribution in [-0.4, -0.2) is 24.0 Å². The molecule has 0 aromatic rings. The molecule has 0 saturated carbocycles. The molecule has 0 aromatic heterocycles. The second-order valence-electron chi connectivity index (χ2n) is 7.18. The Labute approximate surface area is 156 Å². The number of ether oxygens (including phenoxy) is 1. The van der Waals surface area contributed by atoms with Crippen molar-refractivity contribution >= 4 is 6.09 Å². The minimum atomic E-state index is -0.776. The Balaban J connectivity index is 3.23. The molecule has 1 atom stereocenters. The van der Waals surface area contributed by atoms with E-state index < -0.39 is 12.3 Å². The zero-order chi connectivity index (χ0) is 18.6. The Hall–Kier alpha value is -0.770. The van der Waals surface area contributed by atoms with Crippen LogP contribution in [0.3, 0.4) is 0 Å². The summed E-state index contributed by atoms with van der Waals surface area (Å²) < 4.78 is 4.96. The standard InChI is InChI=1S/C21H43NO3/c1-3-5-7-8-9-10-11-12-13-14-15-16-17-18-20(23)22-21(24)25-19-6-4-2/h20,23H,3-19H2,1-2H3,(H,22,24). The van der Waals surface area contributed by atoms with Crippen molar-refractivity contribution in [3.8, 4) is 0 Å². The van der Waals surface area contributed by atoms with E-state index in [1.165, 1.54) is 70.6 Å². The van der Waals surface area contributed by atoms with Crippen LogP contribution in [-0.2, 0) is 4.74 Å². The van der Waals surface area contributed by atoms with Gasteiger partial charge in [0.15, 0.2) is 0 Å². The van der Waals surface area contributed by atoms with Crippen molar-refractivity contribution in [1.29, 1.82) is 0 Å². The van der Waals surface area contributed by atoms with Gasteiger partial charge in [0.2, 0.25) is 0 Å². The first-order valence-electron chi connectivity index (χ1n) is 10.8. The molecular formula is C21H43NO3. The fourth-order valence-corrected chi connectivity index (χ4v) is 2.91. The topological polar surface area (TPSA) is 58.6 Å². The highest BCUT2D eigenvalue weighted by Gasteiger charge is 2.08. The van der Waals surface area contributed by atoms with Crippen LogP contribution in [0, 0.1) is 0 Å². The zero-order valence-electron chi connectivity index (χ0n) is 16.9. The van der Waals surface area contributed by atoms with Gasteiger partial charge in [0.25, 0.3) is 0 Å². The van der Waals surface area contributed by atoms with Gasteiger partial charge >= 0.3 is 6.09 Å². The molecule has 0 saturated heterocycles. The third-order valence-corrected chi connectivity index (χ3v) is 4.60. The number of aliphatic hydroxyl groups excluding tert-OH is 1. The predicted molar refractivity (Wildman–Crippen MR) is 106 cm³/mol. The number of nitrogens with one attached hydrogen (secondary N) is 1. The lowest BCUT2D eigenvalue weighted by molar-refractivity contribution is 0.0919. The molecule has 0 aliphatic rings. The highest BCUT2D eigenvalue weighted by atomic mass is 16.5. The number of aliphatic hydroxyl groups is 1. The molecule has 1 unspecified atom stereocenters. The molecule has 0 aliphatic carbocycles. The number of carbonyl (C=O) groups is 1. The van der Waals surface area contributed by atoms with Gasteiger partial charge < -0.3 is 9.84 Å². The van der Waals surface area contributed by atoms with E-state index in [1.54, 1.807) is 0 Å². The average molecular weight is 358 g/mol. The molecular weight excluding hydrogens is 314 g/mol. The summed E-state index contributed by atoms with van der Waals surface area (Å²) in [5.41, 5.74) is 0. The normalized spacial score (nSPS) is 12.1. The van der Waals surface area contributed by atoms with Crippen LogP contribution in [0.1, 0.15) is 117 Å². The molecule has 1 amide bonds. The molecule has 0 heterocycles. The Morgan fingerprint density at radius 1 is 0.760 bits per heavy atom. The minimum absolute atomic E-state index is 0.424. The van der Waals surface area contributed by atoms with Crippen molar-refractivity contribution in [3.63, 3.8) is 0 Å². The zero-order valence-corrected chi connectivity index (χ0v) is 16.9. The van der Waals surface area contributed by atoms with Crippen LogP contribution in [0.25, 0.3) is 0 Å². The number of unbranched alkanes of at least 4 members (excludes halogenated alkanes) is 13. The SMILES string of the molecule is CCCCCCCCCCCCCCCC(O)NC(=O)OCCCC. The summed E-state index contributed by atoms with van der Waals surface area (Å²) in [6.07, 6.45) is 18.2. The highest BCUT2D eigenvalue weighted by Crippen LogP contribution is 2.13. The molecule has 0 radical (unpaired) electrons. The minimum Gasteiger partial charge on any atom is -0.450 e. The highest BCUT2D eigenvalue weighted by molar-refractivity contribution is 5.67. The number of carbonyl (C=O) groups excluding carboxylic acids is 1. The van der Waals surface area contributed by atoms with Crippen molar-refractivity contribution in [2.45, 2.75) is 123 Å². The molecule has 25 heavy (non-hydrogen) atoms. The van der Waals surface area contributed by atoms with Gasteiger partial charge in [-0.15, -0.1) is 0 Å². The van der Waals surface area contributed by atoms with Crippen molar-refractivity contribution in [1.82, 2.24) is 5.32 Å². The molecule has 0 aromatic carbocycles. The maximum atomic E-state index is 11.4. The lowest BCUT2D eigenvalue weighted by atomic mass is 10.0. The molecule has 0 rings (SSSR count). The summed E-state index contributed by atoms with van der Waals surface area (Å²) in [7, 11) is 0. The fourth-order valence-electron chi connectivity index (χ4n) is 2.91. The fraction of sp³-hybridized carbons (Fsp3) is 0.952. The lowest BCUT2D eigenvalue weighted by Gasteiger charge is -2.12. The first kappa shape index (κ1) is 24.2. The number of alkyl carbamates (subject to hydrolysis) is 1. The monoisotopic (exact) mass is 357 g/mol. The van der Waals surface area contributed by atoms with E-state index in [0.29, 0.717) is 13.0 Å². The third-order valence-electron chi connectivity index (χ3n) is 4.60. The van der Waals surface area contributed by atoms with Gasteiger partial charge in [0.1, 0.15) is 6.23 Å². The van der Waals surface area contributed by atoms with E-state index in [4.69, 9.17) is 4.74 Å². The van der Waals surface area contributed by atoms with Gasteiger partial charge in [-0.3, -0.25) is 5.32 Å². The summed E-state index contributed by atoms with van der Waals surface area (Å²) in [6, 6.07) is 0. The van der Waals surface area contributed by atoms with E-state index in [1.807, 2.05) is 6.92 Å². The molecule has 0 aliphatic heterocycles. The lowest BCUT2D eigenvalue weighted by Crippen LogP contribution is -2.35. The Morgan fingerprint density at radius 2 is 1.20 bits per heavy atom. The summed E-state index contributed by atoms with van der Waals surface area (Å²) in [5, 5.41) is 12.2. The number of rotatable bonds is 18. The van der Waals surface area contributed by atoms with Crippen molar-refractivity contribution in [2.24, 2.45) is 0 Å². The molecule has 0 bridgehead atoms. The van der Waals surface area contributed by atoms with Crippen LogP contribution >= 0.6 is 0 Å². The van der Waals surface area contributed by atoms with Crippen molar-refractivity contribution in [2.75, 3.05) is 6.61 Å². The summed E-state index contributed by atoms with van der Waals surface area (Å²) in [5.74, 6) is 0. The number of amides is 1. The first-order chi connectivity index (χ1) is 12.2. The van der Waals surface area contributed by atoms with Gasteiger partial charge in [-0.05, 0) is 19.3 Å². The van der Waals surface area contributed by atoms with Gasteiger partial charge in [0.05, 0.1) is 6.61 Å². The predicted octanol–water partition coefficient (Wildman–Crippen LogP) is 6.31. The Bertz CT molecular complexity index is 284. The third kappa shape index (κ3) is 19.4. The Kier molecular flexibility index (Phi) is 19.0. The van der Waals surface area contributed by atoms with E-state index in [-0.39, 0.29) is 0 Å². The number of hydrogen-bond donors (Lipinski definition) is 2. The smallest absolute Gasteiger partial charge is 0.409 e. The van der Waals surface area contributed by atoms with E-state index in [0.717, 1.165) is 25.7 Å². The second-order valence-corrected chi connectivity index (χ2v) is 7.18. The molecule has 0 spiro atoms. The number of hydrogen-bond acceptors (Lipinski definition) is 3. The molecule has 4 heteroatoms. The van der Waals surface area contributed by atoms with Crippen molar-refractivity contribution < 1.29 is 14.6 Å². The van der Waals surface area contributed by atoms with Crippen molar-refractivity contribution in [3.05, 3.63) is 0 Å². The van der Waals surface area contributed by atoms with Gasteiger partial charge in [0, 0.05) is 0 Å². The van der Waals surface area contributed by atoms with Crippen LogP contribution in [0.15, 0.2) is 0 Å². The maximum Gasteiger partial charge on any atom is 0.409 e. The van der Waals surface area contributed by atoms with Crippen LogP contribution in [0.5, 0.6) is 0 Å². The Morgan fingerprint density at radius 3 is 1.68 bits per heavy atom. The van der Waals surface area contributed by atoms with Gasteiger partial charge in [-0.1, -0.05) is 97.3 Å². The van der Waals surface area contributed by atoms with E-state index in [9.17, 15) is 9.90 Å². The summed E-state index contributed by atoms with van der Waals surface area (Å²) >= 11 is 0. The second kappa shape index (κ2) is 19.6. The average Bonchev–Trinajstić information content (AvgIpc) is 2.59. The van der Waals surface area contributed by atoms with Gasteiger partial charge in [-0.2, -0.15) is 0 Å². The quantitative estimate of drug-likeness (QED) is 0.223. The molecule has 0 fully saturated rings. The summed E-state index contributed by atoms with van der Waals surface area (Å²) in [6.45, 7) is 4.73. The van der Waals surface area contributed by atoms with E-state index in [2.05, 4.69) is 12.2 Å². The van der Waals surface area contributed by atoms with E-state index >= 15 is 0 Å². The maximum absolute atomic E-state index is 11.4. The largest absolute Gasteiger partial charge is 0.450 e. The molecule has 150 valence electrons. The van der Waals surface area contributed by atoms with Crippen LogP contribution in [0.4, 0.5) is 4.79 Å². The van der Waals surface area contributed by atoms with Crippen LogP contribution < -0.4 is 5.32 Å². The summed E-state index contributed by atoms with van der Waals surface area (Å²) in [4.78, 5) is 11.4. The molecule has 2 N–H and O–H groups in total. The van der Waals surface area contributed by atoms with Gasteiger partial charge in [-0.25, -0.2) is 4.79 Å².